The maximum atomic E-state index is 12.9. The van der Waals surface area contributed by atoms with Gasteiger partial charge in [-0.3, -0.25) is 9.59 Å². The molecule has 2 heterocycles. The third-order valence-corrected chi connectivity index (χ3v) is 5.29. The lowest BCUT2D eigenvalue weighted by Crippen LogP contribution is -2.40. The van der Waals surface area contributed by atoms with E-state index in [1.807, 2.05) is 26.8 Å². The Kier molecular flexibility index (Phi) is 4.90. The molecular weight excluding hydrogens is 334 g/mol. The molecule has 0 spiro atoms. The molecule has 3 rings (SSSR count). The maximum Gasteiger partial charge on any atom is 0.262 e. The standard InChI is InChI=1S/C19H23N3O2S/c1-19(2,3)22-18(24)16-15(12-8-4-5-9-13(12)25-16)17(23)21-14-10-6-7-11-20-14/h6-7,10-11H,4-5,8-9H2,1-3H3,(H,22,24)(H,20,21,23). The molecule has 0 radical (unpaired) electrons. The van der Waals surface area contributed by atoms with E-state index in [0.29, 0.717) is 16.3 Å². The fraction of sp³-hybridized carbons (Fsp3) is 0.421. The molecule has 2 N–H and O–H groups in total. The Morgan fingerprint density at radius 3 is 2.56 bits per heavy atom. The van der Waals surface area contributed by atoms with Gasteiger partial charge in [0.2, 0.25) is 0 Å². The van der Waals surface area contributed by atoms with Gasteiger partial charge in [-0.05, 0) is 64.2 Å². The van der Waals surface area contributed by atoms with Crippen LogP contribution in [0.4, 0.5) is 5.82 Å². The summed E-state index contributed by atoms with van der Waals surface area (Å²) in [5, 5.41) is 5.81. The Hall–Kier alpha value is -2.21. The Morgan fingerprint density at radius 1 is 1.12 bits per heavy atom. The van der Waals surface area contributed by atoms with E-state index in [2.05, 4.69) is 15.6 Å². The zero-order valence-electron chi connectivity index (χ0n) is 14.8. The number of nitrogens with one attached hydrogen (secondary N) is 2. The van der Waals surface area contributed by atoms with Gasteiger partial charge in [0.05, 0.1) is 5.56 Å². The zero-order chi connectivity index (χ0) is 18.0. The monoisotopic (exact) mass is 357 g/mol. The van der Waals surface area contributed by atoms with Gasteiger partial charge >= 0.3 is 0 Å². The van der Waals surface area contributed by atoms with Crippen LogP contribution in [0.25, 0.3) is 0 Å². The maximum absolute atomic E-state index is 12.9. The molecule has 1 aliphatic rings. The van der Waals surface area contributed by atoms with E-state index in [4.69, 9.17) is 0 Å². The largest absolute Gasteiger partial charge is 0.347 e. The highest BCUT2D eigenvalue weighted by Gasteiger charge is 2.30. The van der Waals surface area contributed by atoms with Crippen molar-refractivity contribution in [1.82, 2.24) is 10.3 Å². The molecule has 5 nitrogen and oxygen atoms in total. The Morgan fingerprint density at radius 2 is 1.88 bits per heavy atom. The van der Waals surface area contributed by atoms with Crippen LogP contribution >= 0.6 is 11.3 Å². The van der Waals surface area contributed by atoms with Crippen LogP contribution in [0, 0.1) is 0 Å². The van der Waals surface area contributed by atoms with Crippen LogP contribution in [0.5, 0.6) is 0 Å². The van der Waals surface area contributed by atoms with E-state index in [1.165, 1.54) is 11.3 Å². The SMILES string of the molecule is CC(C)(C)NC(=O)c1sc2c(c1C(=O)Nc1ccccn1)CCCC2. The molecule has 0 bridgehead atoms. The van der Waals surface area contributed by atoms with Gasteiger partial charge in [0.15, 0.2) is 0 Å². The Labute approximate surface area is 151 Å². The number of hydrogen-bond acceptors (Lipinski definition) is 4. The first-order valence-electron chi connectivity index (χ1n) is 8.54. The number of carbonyl (C=O) groups is 2. The van der Waals surface area contributed by atoms with Gasteiger partial charge in [-0.2, -0.15) is 0 Å². The van der Waals surface area contributed by atoms with Crippen LogP contribution in [-0.4, -0.2) is 22.3 Å². The lowest BCUT2D eigenvalue weighted by molar-refractivity contribution is 0.0913. The van der Waals surface area contributed by atoms with Crippen molar-refractivity contribution in [3.05, 3.63) is 45.3 Å². The summed E-state index contributed by atoms with van der Waals surface area (Å²) in [5.41, 5.74) is 1.20. The van der Waals surface area contributed by atoms with Gasteiger partial charge in [-0.15, -0.1) is 11.3 Å². The van der Waals surface area contributed by atoms with Gasteiger partial charge in [0.1, 0.15) is 10.7 Å². The molecule has 0 atom stereocenters. The molecule has 0 aliphatic heterocycles. The first-order valence-corrected chi connectivity index (χ1v) is 9.36. The Bertz CT molecular complexity index is 791. The molecular formula is C19H23N3O2S. The second-order valence-electron chi connectivity index (χ2n) is 7.29. The molecule has 25 heavy (non-hydrogen) atoms. The van der Waals surface area contributed by atoms with Gasteiger partial charge in [0.25, 0.3) is 11.8 Å². The zero-order valence-corrected chi connectivity index (χ0v) is 15.6. The molecule has 1 aliphatic carbocycles. The minimum absolute atomic E-state index is 0.182. The smallest absolute Gasteiger partial charge is 0.262 e. The first kappa shape index (κ1) is 17.6. The van der Waals surface area contributed by atoms with E-state index in [-0.39, 0.29) is 17.4 Å². The van der Waals surface area contributed by atoms with Gasteiger partial charge in [0, 0.05) is 16.6 Å². The minimum atomic E-state index is -0.351. The van der Waals surface area contributed by atoms with Crippen LogP contribution in [0.15, 0.2) is 24.4 Å². The van der Waals surface area contributed by atoms with Crippen LogP contribution in [0.3, 0.4) is 0 Å². The highest BCUT2D eigenvalue weighted by Crippen LogP contribution is 2.35. The quantitative estimate of drug-likeness (QED) is 0.878. The second-order valence-corrected chi connectivity index (χ2v) is 8.39. The number of aryl methyl sites for hydroxylation is 1. The number of anilines is 1. The average Bonchev–Trinajstić information content (AvgIpc) is 2.94. The summed E-state index contributed by atoms with van der Waals surface area (Å²) < 4.78 is 0. The third-order valence-electron chi connectivity index (χ3n) is 4.00. The lowest BCUT2D eigenvalue weighted by atomic mass is 9.94. The van der Waals surface area contributed by atoms with Crippen molar-refractivity contribution in [2.24, 2.45) is 0 Å². The molecule has 132 valence electrons. The number of nitrogens with zero attached hydrogens (tertiary/aromatic N) is 1. The summed E-state index contributed by atoms with van der Waals surface area (Å²) in [6, 6.07) is 5.36. The normalized spacial score (nSPS) is 13.9. The molecule has 0 aromatic carbocycles. The first-order chi connectivity index (χ1) is 11.8. The molecule has 2 amide bonds. The minimum Gasteiger partial charge on any atom is -0.347 e. The van der Waals surface area contributed by atoms with E-state index < -0.39 is 0 Å². The topological polar surface area (TPSA) is 71.1 Å². The average molecular weight is 357 g/mol. The van der Waals surface area contributed by atoms with Crippen molar-refractivity contribution >= 4 is 29.0 Å². The summed E-state index contributed by atoms with van der Waals surface area (Å²) in [7, 11) is 0. The molecule has 0 unspecified atom stereocenters. The predicted octanol–water partition coefficient (Wildman–Crippen LogP) is 3.80. The molecule has 0 fully saturated rings. The summed E-state index contributed by atoms with van der Waals surface area (Å²) in [6.07, 6.45) is 5.57. The fourth-order valence-electron chi connectivity index (χ4n) is 2.98. The molecule has 0 saturated carbocycles. The van der Waals surface area contributed by atoms with Crippen molar-refractivity contribution < 1.29 is 9.59 Å². The lowest BCUT2D eigenvalue weighted by Gasteiger charge is -2.20. The van der Waals surface area contributed by atoms with Crippen molar-refractivity contribution in [2.75, 3.05) is 5.32 Å². The number of carbonyl (C=O) groups excluding carboxylic acids is 2. The van der Waals surface area contributed by atoms with Crippen molar-refractivity contribution in [3.63, 3.8) is 0 Å². The molecule has 6 heteroatoms. The number of pyridine rings is 1. The number of hydrogen-bond donors (Lipinski definition) is 2. The van der Waals surface area contributed by atoms with Crippen LogP contribution < -0.4 is 10.6 Å². The number of fused-ring (bicyclic) bond motifs is 1. The highest BCUT2D eigenvalue weighted by atomic mass is 32.1. The van der Waals surface area contributed by atoms with Crippen LogP contribution in [0.1, 0.15) is 64.1 Å². The third kappa shape index (κ3) is 4.07. The number of aromatic nitrogens is 1. The number of thiophene rings is 1. The predicted molar refractivity (Wildman–Crippen MR) is 100 cm³/mol. The van der Waals surface area contributed by atoms with Gasteiger partial charge < -0.3 is 10.6 Å². The Balaban J connectivity index is 1.97. The fourth-order valence-corrected chi connectivity index (χ4v) is 4.26. The summed E-state index contributed by atoms with van der Waals surface area (Å²) in [5.74, 6) is 0.0562. The van der Waals surface area contributed by atoms with Crippen molar-refractivity contribution in [3.8, 4) is 0 Å². The van der Waals surface area contributed by atoms with E-state index in [1.54, 1.807) is 18.3 Å². The number of amides is 2. The van der Waals surface area contributed by atoms with Crippen molar-refractivity contribution in [1.29, 1.82) is 0 Å². The van der Waals surface area contributed by atoms with Gasteiger partial charge in [-0.1, -0.05) is 6.07 Å². The molecule has 2 aromatic heterocycles. The van der Waals surface area contributed by atoms with Gasteiger partial charge in [-0.25, -0.2) is 4.98 Å². The van der Waals surface area contributed by atoms with E-state index in [9.17, 15) is 9.59 Å². The molecule has 0 saturated heterocycles. The summed E-state index contributed by atoms with van der Waals surface area (Å²) in [4.78, 5) is 31.5. The van der Waals surface area contributed by atoms with E-state index >= 15 is 0 Å². The van der Waals surface area contributed by atoms with Crippen LogP contribution in [-0.2, 0) is 12.8 Å². The van der Waals surface area contributed by atoms with Crippen LogP contribution in [0.2, 0.25) is 0 Å². The highest BCUT2D eigenvalue weighted by molar-refractivity contribution is 7.14. The van der Waals surface area contributed by atoms with E-state index in [0.717, 1.165) is 36.1 Å². The van der Waals surface area contributed by atoms with Crippen molar-refractivity contribution in [2.45, 2.75) is 52.0 Å². The summed E-state index contributed by atoms with van der Waals surface area (Å²) in [6.45, 7) is 5.81. The molecule has 2 aromatic rings. The summed E-state index contributed by atoms with van der Waals surface area (Å²) >= 11 is 1.46. The second kappa shape index (κ2) is 6.96. The number of rotatable bonds is 3.